The molecule has 0 aliphatic heterocycles. The zero-order chi connectivity index (χ0) is 18.8. The van der Waals surface area contributed by atoms with Gasteiger partial charge in [-0.2, -0.15) is 9.61 Å². The molecule has 0 unspecified atom stereocenters. The van der Waals surface area contributed by atoms with Crippen LogP contribution >= 0.6 is 23.6 Å². The normalized spacial score (nSPS) is 10.7. The van der Waals surface area contributed by atoms with Gasteiger partial charge in [-0.1, -0.05) is 23.5 Å². The molecular weight excluding hydrogens is 387 g/mol. The molecule has 10 heteroatoms. The van der Waals surface area contributed by atoms with Crippen molar-refractivity contribution in [1.29, 1.82) is 0 Å². The molecule has 4 aromatic rings. The quantitative estimate of drug-likeness (QED) is 0.516. The van der Waals surface area contributed by atoms with Crippen LogP contribution in [0.3, 0.4) is 0 Å². The first kappa shape index (κ1) is 17.2. The highest BCUT2D eigenvalue weighted by molar-refractivity contribution is 7.80. The summed E-state index contributed by atoms with van der Waals surface area (Å²) in [6.45, 7) is 0. The van der Waals surface area contributed by atoms with E-state index in [0.717, 1.165) is 10.6 Å². The molecule has 0 atom stereocenters. The number of hydrogen-bond acceptors (Lipinski definition) is 6. The van der Waals surface area contributed by atoms with Crippen LogP contribution in [-0.4, -0.2) is 30.8 Å². The van der Waals surface area contributed by atoms with E-state index in [1.165, 1.54) is 41.9 Å². The third-order valence-corrected chi connectivity index (χ3v) is 4.75. The Balaban J connectivity index is 1.46. The van der Waals surface area contributed by atoms with E-state index in [9.17, 15) is 9.18 Å². The third kappa shape index (κ3) is 3.81. The SMILES string of the molecule is O=C(NC(=S)Nc1cccc(-c2nn3cnnc3s2)c1)c1ccc(F)cc1. The maximum absolute atomic E-state index is 12.9. The summed E-state index contributed by atoms with van der Waals surface area (Å²) < 4.78 is 14.5. The molecule has 0 fully saturated rings. The number of carbonyl (C=O) groups is 1. The number of thiocarbonyl (C=S) groups is 1. The monoisotopic (exact) mass is 398 g/mol. The summed E-state index contributed by atoms with van der Waals surface area (Å²) in [5, 5.41) is 18.6. The van der Waals surface area contributed by atoms with E-state index >= 15 is 0 Å². The van der Waals surface area contributed by atoms with E-state index in [0.29, 0.717) is 16.2 Å². The number of carbonyl (C=O) groups excluding carboxylic acids is 1. The Labute approximate surface area is 161 Å². The Kier molecular flexibility index (Phi) is 4.57. The number of amides is 1. The minimum atomic E-state index is -0.419. The lowest BCUT2D eigenvalue weighted by atomic mass is 10.2. The van der Waals surface area contributed by atoms with Crippen LogP contribution < -0.4 is 10.6 Å². The van der Waals surface area contributed by atoms with E-state index in [1.54, 1.807) is 4.52 Å². The Morgan fingerprint density at radius 3 is 2.78 bits per heavy atom. The van der Waals surface area contributed by atoms with Gasteiger partial charge in [-0.05, 0) is 48.6 Å². The second-order valence-corrected chi connectivity index (χ2v) is 6.83. The Hall–Kier alpha value is -3.24. The fourth-order valence-corrected chi connectivity index (χ4v) is 3.37. The highest BCUT2D eigenvalue weighted by atomic mass is 32.1. The van der Waals surface area contributed by atoms with Crippen molar-refractivity contribution in [3.05, 3.63) is 66.2 Å². The number of benzene rings is 2. The molecule has 4 rings (SSSR count). The molecule has 134 valence electrons. The molecule has 0 saturated heterocycles. The molecule has 2 N–H and O–H groups in total. The largest absolute Gasteiger partial charge is 0.332 e. The second-order valence-electron chi connectivity index (χ2n) is 5.46. The second kappa shape index (κ2) is 7.17. The topological polar surface area (TPSA) is 84.2 Å². The average Bonchev–Trinajstić information content (AvgIpc) is 3.24. The standard InChI is InChI=1S/C17H11FN6OS2/c18-12-6-4-10(5-7-12)14(25)21-16(26)20-13-3-1-2-11(8-13)15-23-24-9-19-22-17(24)27-15/h1-9H,(H2,20,21,25,26). The summed E-state index contributed by atoms with van der Waals surface area (Å²) in [6, 6.07) is 12.7. The lowest BCUT2D eigenvalue weighted by molar-refractivity contribution is 0.0977. The molecule has 7 nitrogen and oxygen atoms in total. The first-order valence-electron chi connectivity index (χ1n) is 7.74. The predicted molar refractivity (Wildman–Crippen MR) is 104 cm³/mol. The number of halogens is 1. The molecule has 0 radical (unpaired) electrons. The number of nitrogens with zero attached hydrogens (tertiary/aromatic N) is 4. The summed E-state index contributed by atoms with van der Waals surface area (Å²) in [4.78, 5) is 12.8. The van der Waals surface area contributed by atoms with Gasteiger partial charge in [-0.15, -0.1) is 10.2 Å². The summed E-state index contributed by atoms with van der Waals surface area (Å²) >= 11 is 6.60. The first-order valence-corrected chi connectivity index (χ1v) is 8.96. The fourth-order valence-electron chi connectivity index (χ4n) is 2.35. The van der Waals surface area contributed by atoms with Crippen LogP contribution in [0.15, 0.2) is 54.9 Å². The van der Waals surface area contributed by atoms with E-state index in [-0.39, 0.29) is 5.11 Å². The Bertz CT molecular complexity index is 1110. The van der Waals surface area contributed by atoms with Crippen LogP contribution in [-0.2, 0) is 0 Å². The van der Waals surface area contributed by atoms with Gasteiger partial charge < -0.3 is 5.32 Å². The van der Waals surface area contributed by atoms with Crippen LogP contribution in [0.25, 0.3) is 15.5 Å². The summed E-state index contributed by atoms with van der Waals surface area (Å²) in [7, 11) is 0. The molecule has 2 aromatic carbocycles. The van der Waals surface area contributed by atoms with Gasteiger partial charge in [-0.25, -0.2) is 4.39 Å². The fraction of sp³-hybridized carbons (Fsp3) is 0. The number of rotatable bonds is 3. The zero-order valence-corrected chi connectivity index (χ0v) is 15.2. The number of anilines is 1. The molecule has 27 heavy (non-hydrogen) atoms. The zero-order valence-electron chi connectivity index (χ0n) is 13.6. The summed E-state index contributed by atoms with van der Waals surface area (Å²) in [5.41, 5.74) is 1.89. The van der Waals surface area contributed by atoms with Crippen molar-refractivity contribution in [3.63, 3.8) is 0 Å². The third-order valence-electron chi connectivity index (χ3n) is 3.59. The molecule has 0 saturated carbocycles. The highest BCUT2D eigenvalue weighted by Gasteiger charge is 2.10. The van der Waals surface area contributed by atoms with E-state index in [1.807, 2.05) is 24.3 Å². The van der Waals surface area contributed by atoms with Gasteiger partial charge in [0.25, 0.3) is 5.91 Å². The van der Waals surface area contributed by atoms with Gasteiger partial charge in [0, 0.05) is 16.8 Å². The molecule has 2 heterocycles. The minimum absolute atomic E-state index is 0.139. The van der Waals surface area contributed by atoms with Gasteiger partial charge >= 0.3 is 0 Å². The molecule has 2 aromatic heterocycles. The molecule has 0 aliphatic rings. The van der Waals surface area contributed by atoms with Gasteiger partial charge in [0.2, 0.25) is 4.96 Å². The van der Waals surface area contributed by atoms with Gasteiger partial charge in [0.05, 0.1) is 0 Å². The van der Waals surface area contributed by atoms with Crippen LogP contribution in [0.1, 0.15) is 10.4 Å². The highest BCUT2D eigenvalue weighted by Crippen LogP contribution is 2.26. The number of fused-ring (bicyclic) bond motifs is 1. The number of nitrogens with one attached hydrogen (secondary N) is 2. The van der Waals surface area contributed by atoms with Crippen molar-refractivity contribution >= 4 is 45.2 Å². The molecule has 1 amide bonds. The van der Waals surface area contributed by atoms with Crippen molar-refractivity contribution in [3.8, 4) is 10.6 Å². The maximum atomic E-state index is 12.9. The van der Waals surface area contributed by atoms with Gasteiger partial charge in [-0.3, -0.25) is 10.1 Å². The van der Waals surface area contributed by atoms with Crippen molar-refractivity contribution in [2.45, 2.75) is 0 Å². The van der Waals surface area contributed by atoms with E-state index in [4.69, 9.17) is 12.2 Å². The Morgan fingerprint density at radius 1 is 1.19 bits per heavy atom. The minimum Gasteiger partial charge on any atom is -0.332 e. The maximum Gasteiger partial charge on any atom is 0.257 e. The number of aromatic nitrogens is 4. The van der Waals surface area contributed by atoms with Crippen molar-refractivity contribution in [1.82, 2.24) is 25.1 Å². The van der Waals surface area contributed by atoms with Crippen molar-refractivity contribution < 1.29 is 9.18 Å². The van der Waals surface area contributed by atoms with E-state index < -0.39 is 11.7 Å². The van der Waals surface area contributed by atoms with Gasteiger partial charge in [0.15, 0.2) is 5.11 Å². The predicted octanol–water partition coefficient (Wildman–Crippen LogP) is 3.12. The van der Waals surface area contributed by atoms with Crippen LogP contribution in [0.5, 0.6) is 0 Å². The van der Waals surface area contributed by atoms with Crippen molar-refractivity contribution in [2.24, 2.45) is 0 Å². The first-order chi connectivity index (χ1) is 13.1. The smallest absolute Gasteiger partial charge is 0.257 e. The van der Waals surface area contributed by atoms with Gasteiger partial charge in [0.1, 0.15) is 17.2 Å². The molecular formula is C17H11FN6OS2. The van der Waals surface area contributed by atoms with Crippen LogP contribution in [0.4, 0.5) is 10.1 Å². The molecule has 0 aliphatic carbocycles. The van der Waals surface area contributed by atoms with E-state index in [2.05, 4.69) is 25.9 Å². The summed E-state index contributed by atoms with van der Waals surface area (Å²) in [6.07, 6.45) is 1.54. The summed E-state index contributed by atoms with van der Waals surface area (Å²) in [5.74, 6) is -0.827. The van der Waals surface area contributed by atoms with Crippen LogP contribution in [0.2, 0.25) is 0 Å². The lowest BCUT2D eigenvalue weighted by Gasteiger charge is -2.10. The van der Waals surface area contributed by atoms with Crippen molar-refractivity contribution in [2.75, 3.05) is 5.32 Å². The van der Waals surface area contributed by atoms with Crippen LogP contribution in [0, 0.1) is 5.82 Å². The average molecular weight is 398 g/mol. The lowest BCUT2D eigenvalue weighted by Crippen LogP contribution is -2.34. The Morgan fingerprint density at radius 2 is 2.00 bits per heavy atom. The molecule has 0 bridgehead atoms. The molecule has 0 spiro atoms. The number of hydrogen-bond donors (Lipinski definition) is 2.